The second kappa shape index (κ2) is 10.4. The van der Waals surface area contributed by atoms with Crippen molar-refractivity contribution in [3.8, 4) is 0 Å². The highest BCUT2D eigenvalue weighted by atomic mass is 32.2. The summed E-state index contributed by atoms with van der Waals surface area (Å²) in [6, 6.07) is 25.2. The molecule has 6 nitrogen and oxygen atoms in total. The summed E-state index contributed by atoms with van der Waals surface area (Å²) in [6.45, 7) is 0.484. The molecular weight excluding hydrogens is 422 g/mol. The minimum absolute atomic E-state index is 0.135. The third-order valence-electron chi connectivity index (χ3n) is 5.44. The van der Waals surface area contributed by atoms with E-state index >= 15 is 0 Å². The number of nitrogens with one attached hydrogen (secondary N) is 1. The molecule has 0 heterocycles. The molecule has 168 valence electrons. The van der Waals surface area contributed by atoms with E-state index in [2.05, 4.69) is 22.3 Å². The Kier molecular flexibility index (Phi) is 7.66. The first-order valence-electron chi connectivity index (χ1n) is 10.4. The number of likely N-dealkylation sites (N-methyl/N-ethyl adjacent to an activating group) is 1. The van der Waals surface area contributed by atoms with Gasteiger partial charge in [0.1, 0.15) is 0 Å². The van der Waals surface area contributed by atoms with Crippen LogP contribution in [0.3, 0.4) is 0 Å². The van der Waals surface area contributed by atoms with E-state index < -0.39 is 10.0 Å². The van der Waals surface area contributed by atoms with Gasteiger partial charge < -0.3 is 10.2 Å². The Bertz CT molecular complexity index is 1120. The number of anilines is 1. The van der Waals surface area contributed by atoms with Gasteiger partial charge in [-0.15, -0.1) is 0 Å². The molecule has 7 heteroatoms. The third-order valence-corrected chi connectivity index (χ3v) is 7.24. The van der Waals surface area contributed by atoms with Gasteiger partial charge in [0.05, 0.1) is 10.6 Å². The van der Waals surface area contributed by atoms with Gasteiger partial charge in [0.25, 0.3) is 15.9 Å². The molecule has 1 amide bonds. The summed E-state index contributed by atoms with van der Waals surface area (Å²) in [5.41, 5.74) is 2.20. The molecule has 0 saturated carbocycles. The molecule has 1 N–H and O–H groups in total. The zero-order chi connectivity index (χ0) is 23.1. The molecule has 0 aliphatic carbocycles. The van der Waals surface area contributed by atoms with Gasteiger partial charge in [-0.3, -0.25) is 9.10 Å². The number of carbonyl (C=O) groups is 1. The van der Waals surface area contributed by atoms with E-state index in [9.17, 15) is 13.2 Å². The summed E-state index contributed by atoms with van der Waals surface area (Å²) in [7, 11) is 1.78. The Hall–Kier alpha value is -3.16. The zero-order valence-electron chi connectivity index (χ0n) is 18.6. The quantitative estimate of drug-likeness (QED) is 0.541. The van der Waals surface area contributed by atoms with E-state index in [1.54, 1.807) is 36.4 Å². The number of sulfonamides is 1. The van der Waals surface area contributed by atoms with Gasteiger partial charge in [0.15, 0.2) is 0 Å². The minimum Gasteiger partial charge on any atom is -0.350 e. The topological polar surface area (TPSA) is 69.7 Å². The second-order valence-electron chi connectivity index (χ2n) is 7.85. The standard InChI is InChI=1S/C25H29N3O3S/c1-27(2)23(18-20-10-6-4-7-11-20)19-26-25(29)21-14-16-24(17-15-21)32(30,31)28(3)22-12-8-5-9-13-22/h4-17,23H,18-19H2,1-3H3,(H,26,29). The van der Waals surface area contributed by atoms with Crippen molar-refractivity contribution >= 4 is 21.6 Å². The smallest absolute Gasteiger partial charge is 0.264 e. The molecule has 1 atom stereocenters. The number of hydrogen-bond donors (Lipinski definition) is 1. The van der Waals surface area contributed by atoms with Crippen molar-refractivity contribution in [2.24, 2.45) is 0 Å². The average molecular weight is 452 g/mol. The molecule has 0 spiro atoms. The summed E-state index contributed by atoms with van der Waals surface area (Å²) in [5.74, 6) is -0.231. The fraction of sp³-hybridized carbons (Fsp3) is 0.240. The first-order chi connectivity index (χ1) is 15.3. The Labute approximate surface area is 190 Å². The first-order valence-corrected chi connectivity index (χ1v) is 11.9. The van der Waals surface area contributed by atoms with Gasteiger partial charge in [0, 0.05) is 25.2 Å². The normalized spacial score (nSPS) is 12.4. The molecule has 0 aromatic heterocycles. The van der Waals surface area contributed by atoms with Crippen molar-refractivity contribution in [1.29, 1.82) is 0 Å². The summed E-state index contributed by atoms with van der Waals surface area (Å²) < 4.78 is 27.0. The first kappa shape index (κ1) is 23.5. The lowest BCUT2D eigenvalue weighted by Gasteiger charge is -2.25. The number of nitrogens with zero attached hydrogens (tertiary/aromatic N) is 2. The molecule has 3 rings (SSSR count). The van der Waals surface area contributed by atoms with Crippen molar-refractivity contribution in [1.82, 2.24) is 10.2 Å². The van der Waals surface area contributed by atoms with E-state index in [0.717, 1.165) is 6.42 Å². The lowest BCUT2D eigenvalue weighted by Crippen LogP contribution is -2.41. The van der Waals surface area contributed by atoms with E-state index in [1.165, 1.54) is 29.0 Å². The van der Waals surface area contributed by atoms with E-state index in [0.29, 0.717) is 17.8 Å². The fourth-order valence-corrected chi connectivity index (χ4v) is 4.54. The number of hydrogen-bond acceptors (Lipinski definition) is 4. The highest BCUT2D eigenvalue weighted by molar-refractivity contribution is 7.92. The van der Waals surface area contributed by atoms with Crippen LogP contribution in [-0.2, 0) is 16.4 Å². The Balaban J connectivity index is 1.65. The van der Waals surface area contributed by atoms with Crippen LogP contribution in [0.1, 0.15) is 15.9 Å². The Morgan fingerprint density at radius 1 is 0.844 bits per heavy atom. The van der Waals surface area contributed by atoms with E-state index in [4.69, 9.17) is 0 Å². The third kappa shape index (κ3) is 5.75. The van der Waals surface area contributed by atoms with E-state index in [1.807, 2.05) is 38.4 Å². The Morgan fingerprint density at radius 2 is 1.41 bits per heavy atom. The van der Waals surface area contributed by atoms with Gasteiger partial charge in [-0.05, 0) is 62.5 Å². The monoisotopic (exact) mass is 451 g/mol. The maximum atomic E-state index is 12.9. The summed E-state index contributed by atoms with van der Waals surface area (Å²) in [4.78, 5) is 14.9. The van der Waals surface area contributed by atoms with Crippen molar-refractivity contribution in [3.63, 3.8) is 0 Å². The van der Waals surface area contributed by atoms with Crippen LogP contribution < -0.4 is 9.62 Å². The van der Waals surface area contributed by atoms with Crippen LogP contribution >= 0.6 is 0 Å². The number of benzene rings is 3. The van der Waals surface area contributed by atoms with Gasteiger partial charge in [0.2, 0.25) is 0 Å². The maximum absolute atomic E-state index is 12.9. The van der Waals surface area contributed by atoms with Gasteiger partial charge in [-0.25, -0.2) is 8.42 Å². The minimum atomic E-state index is -3.71. The molecule has 0 aliphatic heterocycles. The van der Waals surface area contributed by atoms with Gasteiger partial charge >= 0.3 is 0 Å². The molecule has 0 radical (unpaired) electrons. The number of rotatable bonds is 9. The highest BCUT2D eigenvalue weighted by Crippen LogP contribution is 2.22. The van der Waals surface area contributed by atoms with Crippen LogP contribution in [0.15, 0.2) is 89.8 Å². The predicted molar refractivity (Wildman–Crippen MR) is 128 cm³/mol. The molecule has 0 bridgehead atoms. The van der Waals surface area contributed by atoms with Crippen LogP contribution in [-0.4, -0.2) is 53.0 Å². The van der Waals surface area contributed by atoms with Crippen molar-refractivity contribution in [3.05, 3.63) is 96.1 Å². The second-order valence-corrected chi connectivity index (χ2v) is 9.82. The molecule has 0 saturated heterocycles. The van der Waals surface area contributed by atoms with Crippen molar-refractivity contribution in [2.45, 2.75) is 17.4 Å². The van der Waals surface area contributed by atoms with Crippen LogP contribution in [0.4, 0.5) is 5.69 Å². The summed E-state index contributed by atoms with van der Waals surface area (Å²) in [6.07, 6.45) is 0.817. The maximum Gasteiger partial charge on any atom is 0.264 e. The van der Waals surface area contributed by atoms with Crippen LogP contribution in [0.2, 0.25) is 0 Å². The fourth-order valence-electron chi connectivity index (χ4n) is 3.35. The van der Waals surface area contributed by atoms with Crippen molar-refractivity contribution in [2.75, 3.05) is 32.0 Å². The van der Waals surface area contributed by atoms with Gasteiger partial charge in [-0.2, -0.15) is 0 Å². The lowest BCUT2D eigenvalue weighted by molar-refractivity contribution is 0.0941. The van der Waals surface area contributed by atoms with Crippen LogP contribution in [0.25, 0.3) is 0 Å². The molecule has 32 heavy (non-hydrogen) atoms. The predicted octanol–water partition coefficient (Wildman–Crippen LogP) is 3.41. The largest absolute Gasteiger partial charge is 0.350 e. The van der Waals surface area contributed by atoms with Crippen LogP contribution in [0.5, 0.6) is 0 Å². The SMILES string of the molecule is CN(C)C(CNC(=O)c1ccc(S(=O)(=O)N(C)c2ccccc2)cc1)Cc1ccccc1. The van der Waals surface area contributed by atoms with Crippen molar-refractivity contribution < 1.29 is 13.2 Å². The number of amides is 1. The molecule has 0 aliphatic rings. The van der Waals surface area contributed by atoms with E-state index in [-0.39, 0.29) is 16.8 Å². The number of para-hydroxylation sites is 1. The number of carbonyl (C=O) groups excluding carboxylic acids is 1. The molecule has 0 fully saturated rings. The lowest BCUT2D eigenvalue weighted by atomic mass is 10.1. The molecule has 3 aromatic rings. The molecule has 3 aromatic carbocycles. The van der Waals surface area contributed by atoms with Crippen LogP contribution in [0, 0.1) is 0 Å². The average Bonchev–Trinajstić information content (AvgIpc) is 2.82. The zero-order valence-corrected chi connectivity index (χ0v) is 19.4. The Morgan fingerprint density at radius 3 is 1.97 bits per heavy atom. The van der Waals surface area contributed by atoms with Gasteiger partial charge in [-0.1, -0.05) is 48.5 Å². The summed E-state index contributed by atoms with van der Waals surface area (Å²) >= 11 is 0. The summed E-state index contributed by atoms with van der Waals surface area (Å²) in [5, 5.41) is 2.97. The molecule has 1 unspecified atom stereocenters. The molecular formula is C25H29N3O3S. The highest BCUT2D eigenvalue weighted by Gasteiger charge is 2.22.